The van der Waals surface area contributed by atoms with Crippen molar-refractivity contribution >= 4 is 10.0 Å². The molecular weight excluding hydrogens is 304 g/mol. The topological polar surface area (TPSA) is 90.5 Å². The summed E-state index contributed by atoms with van der Waals surface area (Å²) in [5.74, 6) is 0. The zero-order valence-corrected chi connectivity index (χ0v) is 13.5. The molecule has 1 atom stereocenters. The van der Waals surface area contributed by atoms with E-state index in [9.17, 15) is 8.42 Å². The first-order chi connectivity index (χ1) is 10.6. The summed E-state index contributed by atoms with van der Waals surface area (Å²) >= 11 is 0. The van der Waals surface area contributed by atoms with Crippen molar-refractivity contribution in [1.82, 2.24) is 14.1 Å². The van der Waals surface area contributed by atoms with Gasteiger partial charge in [-0.3, -0.25) is 4.68 Å². The fourth-order valence-electron chi connectivity index (χ4n) is 3.26. The summed E-state index contributed by atoms with van der Waals surface area (Å²) in [5.41, 5.74) is 5.75. The van der Waals surface area contributed by atoms with Crippen LogP contribution in [0.3, 0.4) is 0 Å². The van der Waals surface area contributed by atoms with Crippen LogP contribution in [0.4, 0.5) is 0 Å². The van der Waals surface area contributed by atoms with E-state index in [1.54, 1.807) is 15.2 Å². The van der Waals surface area contributed by atoms with Crippen molar-refractivity contribution in [2.75, 3.05) is 26.3 Å². The summed E-state index contributed by atoms with van der Waals surface area (Å²) < 4.78 is 34.4. The van der Waals surface area contributed by atoms with Gasteiger partial charge in [-0.05, 0) is 25.7 Å². The molecular formula is C14H24N4O3S. The van der Waals surface area contributed by atoms with Gasteiger partial charge in [0, 0.05) is 38.5 Å². The lowest BCUT2D eigenvalue weighted by atomic mass is 10.1. The van der Waals surface area contributed by atoms with Crippen LogP contribution in [0.5, 0.6) is 0 Å². The molecule has 2 aliphatic heterocycles. The van der Waals surface area contributed by atoms with Crippen LogP contribution < -0.4 is 5.73 Å². The highest BCUT2D eigenvalue weighted by atomic mass is 32.2. The Bertz CT molecular complexity index is 595. The highest BCUT2D eigenvalue weighted by Crippen LogP contribution is 2.26. The average Bonchev–Trinajstić information content (AvgIpc) is 3.06. The zero-order chi connectivity index (χ0) is 15.6. The second kappa shape index (κ2) is 6.66. The molecule has 3 heterocycles. The van der Waals surface area contributed by atoms with Crippen molar-refractivity contribution in [1.29, 1.82) is 0 Å². The fourth-order valence-corrected chi connectivity index (χ4v) is 4.91. The molecule has 0 radical (unpaired) electrons. The summed E-state index contributed by atoms with van der Waals surface area (Å²) in [4.78, 5) is 0.277. The third kappa shape index (κ3) is 3.05. The van der Waals surface area contributed by atoms with Gasteiger partial charge in [0.15, 0.2) is 0 Å². The van der Waals surface area contributed by atoms with Gasteiger partial charge in [0.1, 0.15) is 4.90 Å². The molecule has 0 amide bonds. The third-order valence-corrected chi connectivity index (χ3v) is 6.50. The van der Waals surface area contributed by atoms with Gasteiger partial charge in [-0.25, -0.2) is 8.42 Å². The molecule has 0 bridgehead atoms. The molecule has 1 aromatic rings. The highest BCUT2D eigenvalue weighted by Gasteiger charge is 2.34. The van der Waals surface area contributed by atoms with Crippen LogP contribution in [-0.2, 0) is 14.8 Å². The van der Waals surface area contributed by atoms with E-state index < -0.39 is 10.0 Å². The molecule has 124 valence electrons. The maximum atomic E-state index is 12.8. The van der Waals surface area contributed by atoms with Crippen molar-refractivity contribution in [2.24, 2.45) is 5.73 Å². The molecule has 7 nitrogen and oxygen atoms in total. The lowest BCUT2D eigenvalue weighted by Crippen LogP contribution is -2.47. The number of ether oxygens (including phenoxy) is 1. The molecule has 2 N–H and O–H groups in total. The first-order valence-electron chi connectivity index (χ1n) is 7.96. The van der Waals surface area contributed by atoms with Crippen LogP contribution in [0, 0.1) is 0 Å². The van der Waals surface area contributed by atoms with Crippen molar-refractivity contribution in [3.63, 3.8) is 0 Å². The lowest BCUT2D eigenvalue weighted by molar-refractivity contribution is 0.0662. The summed E-state index contributed by atoms with van der Waals surface area (Å²) in [6, 6.07) is 0.134. The van der Waals surface area contributed by atoms with E-state index in [1.807, 2.05) is 0 Å². The highest BCUT2D eigenvalue weighted by molar-refractivity contribution is 7.89. The molecule has 0 saturated carbocycles. The second-order valence-electron chi connectivity index (χ2n) is 6.00. The van der Waals surface area contributed by atoms with Crippen molar-refractivity contribution in [3.05, 3.63) is 12.4 Å². The minimum Gasteiger partial charge on any atom is -0.381 e. The predicted molar refractivity (Wildman–Crippen MR) is 81.9 cm³/mol. The molecule has 3 rings (SSSR count). The number of sulfonamides is 1. The van der Waals surface area contributed by atoms with Crippen molar-refractivity contribution in [3.8, 4) is 0 Å². The molecule has 2 aliphatic rings. The Labute approximate surface area is 131 Å². The van der Waals surface area contributed by atoms with Crippen LogP contribution in [0.1, 0.15) is 38.1 Å². The second-order valence-corrected chi connectivity index (χ2v) is 7.89. The van der Waals surface area contributed by atoms with E-state index in [2.05, 4.69) is 5.10 Å². The van der Waals surface area contributed by atoms with E-state index in [0.717, 1.165) is 32.1 Å². The van der Waals surface area contributed by atoms with Crippen molar-refractivity contribution in [2.45, 2.75) is 49.1 Å². The maximum Gasteiger partial charge on any atom is 0.246 e. The Hall–Kier alpha value is -0.960. The van der Waals surface area contributed by atoms with Gasteiger partial charge in [0.25, 0.3) is 0 Å². The Kier molecular flexibility index (Phi) is 4.82. The molecule has 0 aliphatic carbocycles. The minimum absolute atomic E-state index is 0.0924. The lowest BCUT2D eigenvalue weighted by Gasteiger charge is -2.33. The number of hydrogen-bond donors (Lipinski definition) is 1. The van der Waals surface area contributed by atoms with E-state index in [1.165, 1.54) is 6.20 Å². The Morgan fingerprint density at radius 1 is 1.27 bits per heavy atom. The Balaban J connectivity index is 1.81. The van der Waals surface area contributed by atoms with E-state index in [0.29, 0.717) is 26.3 Å². The molecule has 1 aromatic heterocycles. The number of piperidine rings is 1. The molecule has 8 heteroatoms. The van der Waals surface area contributed by atoms with Crippen LogP contribution >= 0.6 is 0 Å². The SMILES string of the molecule is NC[C@@H]1CCCCN1S(=O)(=O)c1cnn(C2CCOCC2)c1. The first kappa shape index (κ1) is 15.9. The molecule has 0 spiro atoms. The molecule has 22 heavy (non-hydrogen) atoms. The number of nitrogens with zero attached hydrogens (tertiary/aromatic N) is 3. The van der Waals surface area contributed by atoms with Crippen molar-refractivity contribution < 1.29 is 13.2 Å². The number of nitrogens with two attached hydrogens (primary N) is 1. The van der Waals surface area contributed by atoms with Crippen LogP contribution in [0.25, 0.3) is 0 Å². The van der Waals surface area contributed by atoms with Crippen LogP contribution in [-0.4, -0.2) is 54.8 Å². The molecule has 0 unspecified atom stereocenters. The zero-order valence-electron chi connectivity index (χ0n) is 12.7. The first-order valence-corrected chi connectivity index (χ1v) is 9.41. The normalized spacial score (nSPS) is 25.4. The number of rotatable bonds is 4. The quantitative estimate of drug-likeness (QED) is 0.880. The van der Waals surface area contributed by atoms with Gasteiger partial charge in [-0.1, -0.05) is 6.42 Å². The van der Waals surface area contributed by atoms with Gasteiger partial charge < -0.3 is 10.5 Å². The number of aromatic nitrogens is 2. The minimum atomic E-state index is -3.50. The van der Waals surface area contributed by atoms with E-state index in [4.69, 9.17) is 10.5 Å². The summed E-state index contributed by atoms with van der Waals surface area (Å²) in [6.45, 7) is 2.32. The summed E-state index contributed by atoms with van der Waals surface area (Å²) in [5, 5.41) is 4.28. The monoisotopic (exact) mass is 328 g/mol. The van der Waals surface area contributed by atoms with Crippen LogP contribution in [0.2, 0.25) is 0 Å². The predicted octanol–water partition coefficient (Wildman–Crippen LogP) is 0.736. The standard InChI is InChI=1S/C14H24N4O3S/c15-9-13-3-1-2-6-18(13)22(19,20)14-10-16-17(11-14)12-4-7-21-8-5-12/h10-13H,1-9,15H2/t13-/m0/s1. The molecule has 0 aromatic carbocycles. The van der Waals surface area contributed by atoms with Gasteiger partial charge in [-0.2, -0.15) is 9.40 Å². The largest absolute Gasteiger partial charge is 0.381 e. The molecule has 2 fully saturated rings. The van der Waals surface area contributed by atoms with E-state index in [-0.39, 0.29) is 17.0 Å². The maximum absolute atomic E-state index is 12.8. The van der Waals surface area contributed by atoms with E-state index >= 15 is 0 Å². The van der Waals surface area contributed by atoms with Gasteiger partial charge >= 0.3 is 0 Å². The van der Waals surface area contributed by atoms with Gasteiger partial charge in [0.2, 0.25) is 10.0 Å². The fraction of sp³-hybridized carbons (Fsp3) is 0.786. The van der Waals surface area contributed by atoms with Gasteiger partial charge in [0.05, 0.1) is 12.2 Å². The van der Waals surface area contributed by atoms with Crippen LogP contribution in [0.15, 0.2) is 17.3 Å². The third-order valence-electron chi connectivity index (χ3n) is 4.59. The number of hydrogen-bond acceptors (Lipinski definition) is 5. The summed E-state index contributed by atoms with van der Waals surface area (Å²) in [6.07, 6.45) is 7.63. The Morgan fingerprint density at radius 3 is 2.77 bits per heavy atom. The average molecular weight is 328 g/mol. The molecule has 2 saturated heterocycles. The smallest absolute Gasteiger partial charge is 0.246 e. The van der Waals surface area contributed by atoms with Gasteiger partial charge in [-0.15, -0.1) is 0 Å². The Morgan fingerprint density at radius 2 is 2.05 bits per heavy atom. The summed E-state index contributed by atoms with van der Waals surface area (Å²) in [7, 11) is -3.50.